The Morgan fingerprint density at radius 2 is 1.67 bits per heavy atom. The number of anilines is 1. The van der Waals surface area contributed by atoms with Crippen molar-refractivity contribution in [2.75, 3.05) is 18.0 Å². The first kappa shape index (κ1) is 20.8. The lowest BCUT2D eigenvalue weighted by molar-refractivity contribution is 0.270. The number of nitrogens with one attached hydrogen (secondary N) is 1. The van der Waals surface area contributed by atoms with E-state index in [1.165, 1.54) is 43.2 Å². The number of hydrogen-bond acceptors (Lipinski definition) is 2. The molecule has 3 heteroatoms. The number of piperidine rings is 1. The van der Waals surface area contributed by atoms with Gasteiger partial charge in [-0.25, -0.2) is 0 Å². The van der Waals surface area contributed by atoms with Crippen molar-refractivity contribution in [1.29, 1.82) is 0 Å². The van der Waals surface area contributed by atoms with Gasteiger partial charge in [-0.15, -0.1) is 0 Å². The van der Waals surface area contributed by atoms with Crippen LogP contribution in [0.1, 0.15) is 72.3 Å². The maximum Gasteiger partial charge on any atom is 0.252 e. The van der Waals surface area contributed by atoms with Crippen molar-refractivity contribution in [3.63, 3.8) is 0 Å². The lowest BCUT2D eigenvalue weighted by Crippen LogP contribution is -2.45. The van der Waals surface area contributed by atoms with E-state index in [4.69, 9.17) is 0 Å². The smallest absolute Gasteiger partial charge is 0.252 e. The third-order valence-electron chi connectivity index (χ3n) is 8.67. The Labute approximate surface area is 196 Å². The summed E-state index contributed by atoms with van der Waals surface area (Å²) >= 11 is 0. The molecule has 1 spiro atoms. The van der Waals surface area contributed by atoms with Crippen LogP contribution in [-0.4, -0.2) is 18.1 Å². The van der Waals surface area contributed by atoms with E-state index < -0.39 is 0 Å². The second-order valence-corrected chi connectivity index (χ2v) is 10.5. The molecule has 3 aliphatic rings. The van der Waals surface area contributed by atoms with Gasteiger partial charge in [-0.05, 0) is 97.4 Å². The molecule has 0 saturated carbocycles. The van der Waals surface area contributed by atoms with Gasteiger partial charge in [-0.2, -0.15) is 0 Å². The van der Waals surface area contributed by atoms with Gasteiger partial charge in [0.05, 0.1) is 0 Å². The van der Waals surface area contributed by atoms with Gasteiger partial charge in [0.25, 0.3) is 5.56 Å². The summed E-state index contributed by atoms with van der Waals surface area (Å²) in [5, 5.41) is 0. The van der Waals surface area contributed by atoms with Crippen LogP contribution in [0.3, 0.4) is 0 Å². The fourth-order valence-electron chi connectivity index (χ4n) is 6.79. The van der Waals surface area contributed by atoms with Crippen LogP contribution in [0.4, 0.5) is 5.82 Å². The Kier molecular flexibility index (Phi) is 5.36. The summed E-state index contributed by atoms with van der Waals surface area (Å²) in [6, 6.07) is 22.5. The molecule has 0 bridgehead atoms. The zero-order valence-electron chi connectivity index (χ0n) is 19.5. The van der Waals surface area contributed by atoms with Crippen LogP contribution in [0.5, 0.6) is 0 Å². The third kappa shape index (κ3) is 3.82. The Bertz CT molecular complexity index is 1190. The van der Waals surface area contributed by atoms with Crippen LogP contribution in [0, 0.1) is 0 Å². The summed E-state index contributed by atoms with van der Waals surface area (Å²) in [4.78, 5) is 18.3. The van der Waals surface area contributed by atoms with E-state index in [-0.39, 0.29) is 11.0 Å². The van der Waals surface area contributed by atoms with Crippen LogP contribution >= 0.6 is 0 Å². The Hall–Kier alpha value is -2.81. The molecule has 1 aliphatic heterocycles. The molecule has 2 aromatic carbocycles. The number of benzene rings is 2. The minimum Gasteiger partial charge on any atom is -0.358 e. The first-order valence-corrected chi connectivity index (χ1v) is 12.9. The van der Waals surface area contributed by atoms with Gasteiger partial charge < -0.3 is 9.88 Å². The molecule has 1 atom stereocenters. The second-order valence-electron chi connectivity index (χ2n) is 10.5. The summed E-state index contributed by atoms with van der Waals surface area (Å²) in [5.74, 6) is 1.66. The molecule has 3 aromatic rings. The van der Waals surface area contributed by atoms with E-state index in [2.05, 4.69) is 70.5 Å². The van der Waals surface area contributed by atoms with Crippen LogP contribution in [0.2, 0.25) is 0 Å². The maximum atomic E-state index is 12.7. The van der Waals surface area contributed by atoms with Gasteiger partial charge in [0, 0.05) is 18.7 Å². The normalized spacial score (nSPS) is 21.5. The molecule has 0 amide bonds. The molecular weight excluding hydrogens is 404 g/mol. The van der Waals surface area contributed by atoms with Gasteiger partial charge >= 0.3 is 0 Å². The van der Waals surface area contributed by atoms with Gasteiger partial charge in [-0.3, -0.25) is 4.79 Å². The predicted molar refractivity (Wildman–Crippen MR) is 135 cm³/mol. The predicted octanol–water partition coefficient (Wildman–Crippen LogP) is 5.91. The summed E-state index contributed by atoms with van der Waals surface area (Å²) in [5.41, 5.74) is 7.36. The van der Waals surface area contributed by atoms with Crippen LogP contribution in [-0.2, 0) is 24.7 Å². The standard InChI is InChI=1S/C30H34N2O/c33-29-26-12-5-4-10-23(26)21-28(31-29)32-18-16-30(17-19-32)15-14-24(20-22-8-2-1-3-9-22)25-11-6-7-13-27(25)30/h1-3,6-9,11,13,21,24H,4-5,10,12,14-20H2,(H,31,33). The van der Waals surface area contributed by atoms with Crippen molar-refractivity contribution in [3.05, 3.63) is 98.8 Å². The van der Waals surface area contributed by atoms with Crippen molar-refractivity contribution in [3.8, 4) is 0 Å². The van der Waals surface area contributed by atoms with Gasteiger partial charge in [0.2, 0.25) is 0 Å². The van der Waals surface area contributed by atoms with Crippen molar-refractivity contribution in [1.82, 2.24) is 4.98 Å². The highest BCUT2D eigenvalue weighted by atomic mass is 16.1. The number of hydrogen-bond donors (Lipinski definition) is 1. The van der Waals surface area contributed by atoms with Crippen molar-refractivity contribution in [2.24, 2.45) is 0 Å². The molecule has 1 saturated heterocycles. The zero-order chi connectivity index (χ0) is 22.3. The average Bonchev–Trinajstić information content (AvgIpc) is 2.87. The Morgan fingerprint density at radius 3 is 2.52 bits per heavy atom. The fraction of sp³-hybridized carbons (Fsp3) is 0.433. The third-order valence-corrected chi connectivity index (χ3v) is 8.67. The molecular formula is C30H34N2O. The number of fused-ring (bicyclic) bond motifs is 3. The lowest BCUT2D eigenvalue weighted by Gasteiger charge is -2.47. The molecule has 1 aromatic heterocycles. The van der Waals surface area contributed by atoms with E-state index in [0.29, 0.717) is 5.92 Å². The highest BCUT2D eigenvalue weighted by molar-refractivity contribution is 5.47. The van der Waals surface area contributed by atoms with Crippen LogP contribution in [0.25, 0.3) is 0 Å². The number of pyridine rings is 1. The second kappa shape index (κ2) is 8.52. The molecule has 1 unspecified atom stereocenters. The summed E-state index contributed by atoms with van der Waals surface area (Å²) < 4.78 is 0. The molecule has 33 heavy (non-hydrogen) atoms. The molecule has 6 rings (SSSR count). The summed E-state index contributed by atoms with van der Waals surface area (Å²) in [6.45, 7) is 2.04. The zero-order valence-corrected chi connectivity index (χ0v) is 19.5. The number of aromatic nitrogens is 1. The molecule has 170 valence electrons. The Balaban J connectivity index is 1.23. The lowest BCUT2D eigenvalue weighted by atomic mass is 9.61. The van der Waals surface area contributed by atoms with Crippen LogP contribution in [0.15, 0.2) is 65.5 Å². The fourth-order valence-corrected chi connectivity index (χ4v) is 6.79. The van der Waals surface area contributed by atoms with Gasteiger partial charge in [0.1, 0.15) is 5.82 Å². The van der Waals surface area contributed by atoms with Gasteiger partial charge in [0.15, 0.2) is 0 Å². The van der Waals surface area contributed by atoms with E-state index >= 15 is 0 Å². The topological polar surface area (TPSA) is 36.1 Å². The van der Waals surface area contributed by atoms with Gasteiger partial charge in [-0.1, -0.05) is 54.6 Å². The Morgan fingerprint density at radius 1 is 0.909 bits per heavy atom. The van der Waals surface area contributed by atoms with Crippen molar-refractivity contribution >= 4 is 5.82 Å². The number of H-pyrrole nitrogens is 1. The number of rotatable bonds is 3. The summed E-state index contributed by atoms with van der Waals surface area (Å²) in [6.07, 6.45) is 10.4. The molecule has 1 fully saturated rings. The van der Waals surface area contributed by atoms with E-state index in [0.717, 1.165) is 50.2 Å². The van der Waals surface area contributed by atoms with E-state index in [9.17, 15) is 4.79 Å². The average molecular weight is 439 g/mol. The van der Waals surface area contributed by atoms with Crippen molar-refractivity contribution < 1.29 is 0 Å². The number of aryl methyl sites for hydroxylation is 1. The van der Waals surface area contributed by atoms with E-state index in [1.807, 2.05) is 0 Å². The quantitative estimate of drug-likeness (QED) is 0.552. The molecule has 3 nitrogen and oxygen atoms in total. The minimum atomic E-state index is 0.147. The van der Waals surface area contributed by atoms with E-state index in [1.54, 1.807) is 11.1 Å². The first-order chi connectivity index (χ1) is 16.2. The van der Waals surface area contributed by atoms with Crippen molar-refractivity contribution in [2.45, 2.75) is 69.1 Å². The SMILES string of the molecule is O=c1[nH]c(N2CCC3(CCC(Cc4ccccc4)c4ccccc43)CC2)cc2c1CCCC2. The monoisotopic (exact) mass is 438 g/mol. The molecule has 0 radical (unpaired) electrons. The molecule has 2 heterocycles. The first-order valence-electron chi connectivity index (χ1n) is 12.9. The molecule has 2 aliphatic carbocycles. The number of nitrogens with zero attached hydrogens (tertiary/aromatic N) is 1. The molecule has 1 N–H and O–H groups in total. The number of aromatic amines is 1. The maximum absolute atomic E-state index is 12.7. The highest BCUT2D eigenvalue weighted by Gasteiger charge is 2.42. The summed E-state index contributed by atoms with van der Waals surface area (Å²) in [7, 11) is 0. The minimum absolute atomic E-state index is 0.147. The largest absolute Gasteiger partial charge is 0.358 e. The van der Waals surface area contributed by atoms with Crippen LogP contribution < -0.4 is 10.5 Å². The highest BCUT2D eigenvalue weighted by Crippen LogP contribution is 2.49.